The molecule has 1 atom stereocenters. The van der Waals surface area contributed by atoms with Crippen molar-refractivity contribution >= 4 is 6.09 Å². The van der Waals surface area contributed by atoms with E-state index in [1.54, 1.807) is 23.3 Å². The number of hydrogen-bond donors (Lipinski definition) is 1. The molecule has 1 aliphatic heterocycles. The second-order valence-corrected chi connectivity index (χ2v) is 3.56. The lowest BCUT2D eigenvalue weighted by molar-refractivity contribution is 0.141. The van der Waals surface area contributed by atoms with Gasteiger partial charge in [0.1, 0.15) is 18.8 Å². The summed E-state index contributed by atoms with van der Waals surface area (Å²) in [6.07, 6.45) is 4.02. The Morgan fingerprint density at radius 3 is 3.00 bits per heavy atom. The molecule has 0 radical (unpaired) electrons. The normalized spacial score (nSPS) is 18.8. The van der Waals surface area contributed by atoms with Gasteiger partial charge in [0.05, 0.1) is 6.54 Å². The summed E-state index contributed by atoms with van der Waals surface area (Å²) >= 11 is 0. The minimum atomic E-state index is -0.393. The second kappa shape index (κ2) is 3.85. The highest BCUT2D eigenvalue weighted by Gasteiger charge is 2.24. The largest absolute Gasteiger partial charge is 0.439 e. The predicted octanol–water partition coefficient (Wildman–Crippen LogP) is 0.443. The van der Waals surface area contributed by atoms with Crippen LogP contribution < -0.4 is 5.32 Å². The first-order valence-corrected chi connectivity index (χ1v) is 5.08. The predicted molar refractivity (Wildman–Crippen MR) is 56.4 cm³/mol. The summed E-state index contributed by atoms with van der Waals surface area (Å²) in [4.78, 5) is 19.0. The van der Waals surface area contributed by atoms with Crippen molar-refractivity contribution in [3.63, 3.8) is 0 Å². The molecule has 1 fully saturated rings. The van der Waals surface area contributed by atoms with E-state index in [1.165, 1.54) is 6.33 Å². The maximum absolute atomic E-state index is 10.9. The van der Waals surface area contributed by atoms with Gasteiger partial charge in [0, 0.05) is 11.8 Å². The maximum Gasteiger partial charge on any atom is 0.407 e. The van der Waals surface area contributed by atoms with Gasteiger partial charge < -0.3 is 10.1 Å². The molecule has 3 heterocycles. The van der Waals surface area contributed by atoms with Crippen LogP contribution in [0.2, 0.25) is 0 Å². The lowest BCUT2D eigenvalue weighted by Gasteiger charge is -2.07. The van der Waals surface area contributed by atoms with Gasteiger partial charge in [0.15, 0.2) is 5.82 Å². The molecule has 0 spiro atoms. The van der Waals surface area contributed by atoms with E-state index >= 15 is 0 Å². The van der Waals surface area contributed by atoms with E-state index in [1.807, 2.05) is 6.07 Å². The standard InChI is InChI=1S/C10H9N5O2/c16-10-13-4-8(17-10)7-1-2-9(12-3-7)15-6-11-5-14-15/h1-3,5-6,8H,4H2,(H,13,16). The highest BCUT2D eigenvalue weighted by atomic mass is 16.6. The summed E-state index contributed by atoms with van der Waals surface area (Å²) in [5, 5.41) is 6.56. The number of carbonyl (C=O) groups excluding carboxylic acids is 1. The quantitative estimate of drug-likeness (QED) is 0.811. The van der Waals surface area contributed by atoms with E-state index in [4.69, 9.17) is 4.74 Å². The van der Waals surface area contributed by atoms with Crippen LogP contribution in [0.25, 0.3) is 5.82 Å². The maximum atomic E-state index is 10.9. The Kier molecular flexibility index (Phi) is 2.21. The van der Waals surface area contributed by atoms with Crippen LogP contribution in [0, 0.1) is 0 Å². The topological polar surface area (TPSA) is 81.9 Å². The summed E-state index contributed by atoms with van der Waals surface area (Å²) in [5.41, 5.74) is 0.854. The summed E-state index contributed by atoms with van der Waals surface area (Å²) in [7, 11) is 0. The number of carbonyl (C=O) groups is 1. The number of nitrogens with one attached hydrogen (secondary N) is 1. The fourth-order valence-corrected chi connectivity index (χ4v) is 1.62. The minimum Gasteiger partial charge on any atom is -0.439 e. The summed E-state index contributed by atoms with van der Waals surface area (Å²) in [6.45, 7) is 0.475. The highest BCUT2D eigenvalue weighted by molar-refractivity contribution is 5.69. The Balaban J connectivity index is 1.83. The van der Waals surface area contributed by atoms with Gasteiger partial charge in [-0.15, -0.1) is 0 Å². The molecule has 0 aromatic carbocycles. The zero-order valence-corrected chi connectivity index (χ0v) is 8.78. The summed E-state index contributed by atoms with van der Waals surface area (Å²) < 4.78 is 6.61. The van der Waals surface area contributed by atoms with Crippen LogP contribution in [0.4, 0.5) is 4.79 Å². The molecule has 1 unspecified atom stereocenters. The number of ether oxygens (including phenoxy) is 1. The Bertz CT molecular complexity index is 522. The first-order valence-electron chi connectivity index (χ1n) is 5.08. The van der Waals surface area contributed by atoms with Gasteiger partial charge in [-0.3, -0.25) is 0 Å². The van der Waals surface area contributed by atoms with Crippen molar-refractivity contribution in [3.8, 4) is 5.82 Å². The number of rotatable bonds is 2. The lowest BCUT2D eigenvalue weighted by Crippen LogP contribution is -2.12. The lowest BCUT2D eigenvalue weighted by atomic mass is 10.2. The Morgan fingerprint density at radius 2 is 2.41 bits per heavy atom. The van der Waals surface area contributed by atoms with Gasteiger partial charge in [-0.25, -0.2) is 19.4 Å². The summed E-state index contributed by atoms with van der Waals surface area (Å²) in [6, 6.07) is 3.66. The van der Waals surface area contributed by atoms with E-state index in [2.05, 4.69) is 20.4 Å². The molecule has 0 saturated carbocycles. The average Bonchev–Trinajstić information content (AvgIpc) is 3.00. The van der Waals surface area contributed by atoms with Crippen LogP contribution in [0.3, 0.4) is 0 Å². The van der Waals surface area contributed by atoms with E-state index in [9.17, 15) is 4.79 Å². The van der Waals surface area contributed by atoms with Crippen LogP contribution >= 0.6 is 0 Å². The van der Waals surface area contributed by atoms with E-state index in [0.29, 0.717) is 12.4 Å². The SMILES string of the molecule is O=C1NCC(c2ccc(-n3cncn3)nc2)O1. The van der Waals surface area contributed by atoms with Gasteiger partial charge in [0.25, 0.3) is 0 Å². The van der Waals surface area contributed by atoms with Crippen molar-refractivity contribution in [1.29, 1.82) is 0 Å². The van der Waals surface area contributed by atoms with Gasteiger partial charge in [-0.1, -0.05) is 0 Å². The minimum absolute atomic E-state index is 0.264. The average molecular weight is 231 g/mol. The Hall–Kier alpha value is -2.44. The molecular weight excluding hydrogens is 222 g/mol. The zero-order chi connectivity index (χ0) is 11.7. The van der Waals surface area contributed by atoms with Crippen LogP contribution in [-0.4, -0.2) is 32.4 Å². The smallest absolute Gasteiger partial charge is 0.407 e. The second-order valence-electron chi connectivity index (χ2n) is 3.56. The van der Waals surface area contributed by atoms with Crippen LogP contribution in [0.15, 0.2) is 31.0 Å². The number of aromatic nitrogens is 4. The Morgan fingerprint density at radius 1 is 1.47 bits per heavy atom. The van der Waals surface area contributed by atoms with E-state index in [-0.39, 0.29) is 6.10 Å². The fraction of sp³-hybridized carbons (Fsp3) is 0.200. The fourth-order valence-electron chi connectivity index (χ4n) is 1.62. The van der Waals surface area contributed by atoms with Crippen molar-refractivity contribution in [3.05, 3.63) is 36.5 Å². The van der Waals surface area contributed by atoms with Gasteiger partial charge in [-0.2, -0.15) is 5.10 Å². The molecular formula is C10H9N5O2. The third-order valence-electron chi connectivity index (χ3n) is 2.48. The third-order valence-corrected chi connectivity index (χ3v) is 2.48. The van der Waals surface area contributed by atoms with Crippen LogP contribution in [0.5, 0.6) is 0 Å². The van der Waals surface area contributed by atoms with Crippen molar-refractivity contribution in [1.82, 2.24) is 25.1 Å². The highest BCUT2D eigenvalue weighted by Crippen LogP contribution is 2.20. The number of cyclic esters (lactones) is 1. The number of hydrogen-bond acceptors (Lipinski definition) is 5. The molecule has 1 N–H and O–H groups in total. The van der Waals surface area contributed by atoms with Gasteiger partial charge >= 0.3 is 6.09 Å². The number of alkyl carbamates (subject to hydrolysis) is 1. The van der Waals surface area contributed by atoms with E-state index < -0.39 is 6.09 Å². The van der Waals surface area contributed by atoms with Crippen molar-refractivity contribution in [2.45, 2.75) is 6.10 Å². The summed E-state index contributed by atoms with van der Waals surface area (Å²) in [5.74, 6) is 0.670. The van der Waals surface area contributed by atoms with Gasteiger partial charge in [-0.05, 0) is 12.1 Å². The molecule has 86 valence electrons. The Labute approximate surface area is 96.4 Å². The molecule has 7 heteroatoms. The van der Waals surface area contributed by atoms with Crippen molar-refractivity contribution < 1.29 is 9.53 Å². The molecule has 1 saturated heterocycles. The van der Waals surface area contributed by atoms with Crippen LogP contribution in [0.1, 0.15) is 11.7 Å². The number of pyridine rings is 1. The molecule has 17 heavy (non-hydrogen) atoms. The third kappa shape index (κ3) is 1.82. The monoisotopic (exact) mass is 231 g/mol. The van der Waals surface area contributed by atoms with Gasteiger partial charge in [0.2, 0.25) is 0 Å². The van der Waals surface area contributed by atoms with Crippen molar-refractivity contribution in [2.24, 2.45) is 0 Å². The molecule has 2 aromatic rings. The molecule has 0 bridgehead atoms. The molecule has 7 nitrogen and oxygen atoms in total. The van der Waals surface area contributed by atoms with E-state index in [0.717, 1.165) is 5.56 Å². The molecule has 3 rings (SSSR count). The molecule has 0 aliphatic carbocycles. The molecule has 2 aromatic heterocycles. The molecule has 1 aliphatic rings. The first-order chi connectivity index (χ1) is 8.33. The van der Waals surface area contributed by atoms with Crippen molar-refractivity contribution in [2.75, 3.05) is 6.54 Å². The molecule has 1 amide bonds. The van der Waals surface area contributed by atoms with Crippen LogP contribution in [-0.2, 0) is 4.74 Å². The zero-order valence-electron chi connectivity index (χ0n) is 8.78. The first kappa shape index (κ1) is 9.76. The number of nitrogens with zero attached hydrogens (tertiary/aromatic N) is 4. The number of amides is 1.